The molecule has 0 aliphatic carbocycles. The van der Waals surface area contributed by atoms with Crippen molar-refractivity contribution in [3.05, 3.63) is 85.1 Å². The van der Waals surface area contributed by atoms with Crippen LogP contribution in [0.2, 0.25) is 0 Å². The fourth-order valence-corrected chi connectivity index (χ4v) is 4.21. The van der Waals surface area contributed by atoms with Crippen molar-refractivity contribution in [1.29, 1.82) is 0 Å². The van der Waals surface area contributed by atoms with Crippen LogP contribution in [0, 0.1) is 0 Å². The van der Waals surface area contributed by atoms with Gasteiger partial charge in [0.1, 0.15) is 17.7 Å². The molecule has 5 aromatic rings. The van der Waals surface area contributed by atoms with Crippen molar-refractivity contribution in [1.82, 2.24) is 14.8 Å². The largest absolute Gasteiger partial charge is 0.469 e. The Morgan fingerprint density at radius 2 is 1.97 bits per heavy atom. The number of anilines is 1. The van der Waals surface area contributed by atoms with E-state index in [-0.39, 0.29) is 5.91 Å². The Morgan fingerprint density at radius 3 is 2.78 bits per heavy atom. The lowest BCUT2D eigenvalue weighted by atomic mass is 10.1. The minimum atomic E-state index is -0.425. The zero-order valence-electron chi connectivity index (χ0n) is 17.4. The number of rotatable bonds is 4. The first kappa shape index (κ1) is 18.5. The van der Waals surface area contributed by atoms with Crippen LogP contribution in [0.1, 0.15) is 10.6 Å². The van der Waals surface area contributed by atoms with E-state index in [1.165, 1.54) is 0 Å². The average molecular weight is 422 g/mol. The number of furan rings is 1. The van der Waals surface area contributed by atoms with Gasteiger partial charge in [0.25, 0.3) is 0 Å². The molecule has 1 N–H and O–H groups in total. The van der Waals surface area contributed by atoms with Gasteiger partial charge in [0.15, 0.2) is 5.69 Å². The number of benzene rings is 2. The van der Waals surface area contributed by atoms with Crippen LogP contribution in [0.3, 0.4) is 0 Å². The molecule has 3 aromatic heterocycles. The van der Waals surface area contributed by atoms with Crippen molar-refractivity contribution in [3.63, 3.8) is 0 Å². The molecule has 0 bridgehead atoms. The zero-order valence-corrected chi connectivity index (χ0v) is 17.4. The summed E-state index contributed by atoms with van der Waals surface area (Å²) in [5, 5.41) is 8.98. The van der Waals surface area contributed by atoms with E-state index in [0.29, 0.717) is 17.9 Å². The summed E-state index contributed by atoms with van der Waals surface area (Å²) >= 11 is 0. The molecule has 1 aliphatic rings. The smallest absolute Gasteiger partial charge is 0.359 e. The zero-order chi connectivity index (χ0) is 21.7. The summed E-state index contributed by atoms with van der Waals surface area (Å²) in [5.41, 5.74) is 4.18. The topological polar surface area (TPSA) is 76.8 Å². The first-order valence-corrected chi connectivity index (χ1v) is 10.4. The maximum absolute atomic E-state index is 13.3. The lowest BCUT2D eigenvalue weighted by Crippen LogP contribution is -2.43. The summed E-state index contributed by atoms with van der Waals surface area (Å²) in [5.74, 6) is 1.41. The minimum absolute atomic E-state index is 0.0313. The molecule has 1 aliphatic heterocycles. The van der Waals surface area contributed by atoms with Gasteiger partial charge < -0.3 is 4.42 Å². The quantitative estimate of drug-likeness (QED) is 0.445. The van der Waals surface area contributed by atoms with Crippen LogP contribution in [0.4, 0.5) is 5.82 Å². The molecule has 0 saturated heterocycles. The van der Waals surface area contributed by atoms with Gasteiger partial charge in [0.2, 0.25) is 6.04 Å². The van der Waals surface area contributed by atoms with Crippen molar-refractivity contribution in [3.8, 4) is 22.5 Å². The van der Waals surface area contributed by atoms with Gasteiger partial charge in [-0.05, 0) is 18.2 Å². The van der Waals surface area contributed by atoms with Crippen molar-refractivity contribution in [2.75, 3.05) is 5.32 Å². The minimum Gasteiger partial charge on any atom is -0.469 e. The van der Waals surface area contributed by atoms with Crippen LogP contribution in [-0.4, -0.2) is 26.7 Å². The number of hydrogen-bond acceptors (Lipinski definition) is 5. The van der Waals surface area contributed by atoms with Crippen molar-refractivity contribution < 1.29 is 13.8 Å². The molecule has 32 heavy (non-hydrogen) atoms. The van der Waals surface area contributed by atoms with Gasteiger partial charge in [0.05, 0.1) is 18.2 Å². The average Bonchev–Trinajstić information content (AvgIpc) is 3.53. The first-order chi connectivity index (χ1) is 15.7. The second-order valence-electron chi connectivity index (χ2n) is 7.95. The standard InChI is InChI=1S/C25H19N5O2/c1-29-14-18-10-9-17(12-20(18)28-29)23-24-27-21(13-19-8-5-11-32-19)25(31)30(24)15-22(26-23)16-6-3-2-4-7-16/h2-12,14-15,21H,13H2,1H3/p+1. The Labute approximate surface area is 184 Å². The SMILES string of the molecule is Cn1cc2ccc(-c3nc(-c4ccccc4)c[n+]4c3NC(Cc3ccco3)C4=O)cc2n1. The van der Waals surface area contributed by atoms with Crippen LogP contribution < -0.4 is 9.88 Å². The molecule has 2 aromatic carbocycles. The third kappa shape index (κ3) is 3.06. The van der Waals surface area contributed by atoms with Crippen LogP contribution in [-0.2, 0) is 13.5 Å². The Morgan fingerprint density at radius 1 is 1.09 bits per heavy atom. The third-order valence-corrected chi connectivity index (χ3v) is 5.75. The number of nitrogens with one attached hydrogen (secondary N) is 1. The summed E-state index contributed by atoms with van der Waals surface area (Å²) in [6.45, 7) is 0. The molecule has 0 radical (unpaired) electrons. The van der Waals surface area contributed by atoms with E-state index in [2.05, 4.69) is 10.4 Å². The lowest BCUT2D eigenvalue weighted by molar-refractivity contribution is -0.551. The van der Waals surface area contributed by atoms with Crippen molar-refractivity contribution in [2.24, 2.45) is 7.05 Å². The normalized spacial score (nSPS) is 15.2. The highest BCUT2D eigenvalue weighted by atomic mass is 16.3. The number of aromatic nitrogens is 4. The number of hydrogen-bond donors (Lipinski definition) is 1. The van der Waals surface area contributed by atoms with E-state index in [0.717, 1.165) is 33.5 Å². The molecule has 6 rings (SSSR count). The van der Waals surface area contributed by atoms with E-state index in [1.807, 2.05) is 80.1 Å². The Balaban J connectivity index is 1.51. The van der Waals surface area contributed by atoms with E-state index < -0.39 is 6.04 Å². The van der Waals surface area contributed by atoms with E-state index in [1.54, 1.807) is 15.5 Å². The van der Waals surface area contributed by atoms with Crippen molar-refractivity contribution >= 4 is 22.6 Å². The fourth-order valence-electron chi connectivity index (χ4n) is 4.21. The Kier molecular flexibility index (Phi) is 4.14. The predicted molar refractivity (Wildman–Crippen MR) is 120 cm³/mol. The number of carbonyl (C=O) groups is 1. The number of nitrogens with zero attached hydrogens (tertiary/aromatic N) is 4. The summed E-state index contributed by atoms with van der Waals surface area (Å²) in [6, 6.07) is 19.2. The Bertz CT molecular complexity index is 1460. The number of aryl methyl sites for hydroxylation is 1. The van der Waals surface area contributed by atoms with Crippen LogP contribution in [0.15, 0.2) is 83.7 Å². The summed E-state index contributed by atoms with van der Waals surface area (Å²) in [4.78, 5) is 18.3. The molecule has 0 saturated carbocycles. The van der Waals surface area contributed by atoms with E-state index in [9.17, 15) is 4.79 Å². The number of fused-ring (bicyclic) bond motifs is 2. The first-order valence-electron chi connectivity index (χ1n) is 10.4. The predicted octanol–water partition coefficient (Wildman–Crippen LogP) is 3.86. The highest BCUT2D eigenvalue weighted by Crippen LogP contribution is 2.31. The van der Waals surface area contributed by atoms with Crippen LogP contribution in [0.25, 0.3) is 33.4 Å². The molecule has 156 valence electrons. The van der Waals surface area contributed by atoms with Gasteiger partial charge in [-0.25, -0.2) is 9.78 Å². The van der Waals surface area contributed by atoms with Gasteiger partial charge >= 0.3 is 11.7 Å². The molecule has 7 nitrogen and oxygen atoms in total. The van der Waals surface area contributed by atoms with Gasteiger partial charge in [-0.1, -0.05) is 42.5 Å². The van der Waals surface area contributed by atoms with E-state index >= 15 is 0 Å². The Hall–Kier alpha value is -4.26. The summed E-state index contributed by atoms with van der Waals surface area (Å²) in [7, 11) is 1.90. The molecular weight excluding hydrogens is 402 g/mol. The summed E-state index contributed by atoms with van der Waals surface area (Å²) < 4.78 is 8.95. The maximum atomic E-state index is 13.3. The summed E-state index contributed by atoms with van der Waals surface area (Å²) in [6.07, 6.45) is 5.88. The second-order valence-corrected chi connectivity index (χ2v) is 7.95. The molecule has 1 atom stereocenters. The molecule has 4 heterocycles. The highest BCUT2D eigenvalue weighted by Gasteiger charge is 2.42. The highest BCUT2D eigenvalue weighted by molar-refractivity contribution is 5.89. The van der Waals surface area contributed by atoms with E-state index in [4.69, 9.17) is 9.40 Å². The molecule has 0 fully saturated rings. The van der Waals surface area contributed by atoms with Crippen molar-refractivity contribution in [2.45, 2.75) is 12.5 Å². The maximum Gasteiger partial charge on any atom is 0.359 e. The van der Waals surface area contributed by atoms with Crippen LogP contribution in [0.5, 0.6) is 0 Å². The van der Waals surface area contributed by atoms with Gasteiger partial charge in [0, 0.05) is 29.8 Å². The monoisotopic (exact) mass is 422 g/mol. The fraction of sp³-hybridized carbons (Fsp3) is 0.120. The van der Waals surface area contributed by atoms with Crippen LogP contribution >= 0.6 is 0 Å². The second kappa shape index (κ2) is 7.16. The molecule has 7 heteroatoms. The van der Waals surface area contributed by atoms with Gasteiger partial charge in [-0.15, -0.1) is 0 Å². The van der Waals surface area contributed by atoms with Gasteiger partial charge in [-0.2, -0.15) is 9.67 Å². The van der Waals surface area contributed by atoms with Gasteiger partial charge in [-0.3, -0.25) is 10.00 Å². The lowest BCUT2D eigenvalue weighted by Gasteiger charge is -2.07. The molecular formula is C25H20N5O2+. The molecule has 0 amide bonds. The number of carbonyl (C=O) groups excluding carboxylic acids is 1. The molecule has 0 spiro atoms. The third-order valence-electron chi connectivity index (χ3n) is 5.75. The molecule has 1 unspecified atom stereocenters.